The highest BCUT2D eigenvalue weighted by Gasteiger charge is 2.05. The Balaban J connectivity index is 2.12. The molecule has 0 atom stereocenters. The van der Waals surface area contributed by atoms with Gasteiger partial charge in [0.2, 0.25) is 0 Å². The summed E-state index contributed by atoms with van der Waals surface area (Å²) in [6.07, 6.45) is 17.8. The van der Waals surface area contributed by atoms with Gasteiger partial charge in [0.25, 0.3) is 0 Å². The van der Waals surface area contributed by atoms with Crippen molar-refractivity contribution in [1.82, 2.24) is 5.43 Å². The summed E-state index contributed by atoms with van der Waals surface area (Å²) in [5.41, 5.74) is 4.42. The van der Waals surface area contributed by atoms with E-state index >= 15 is 0 Å². The number of hydrogen-bond donors (Lipinski definition) is 1. The monoisotopic (exact) mass is 388 g/mol. The van der Waals surface area contributed by atoms with Crippen LogP contribution in [0.4, 0.5) is 4.79 Å². The third-order valence-corrected chi connectivity index (χ3v) is 5.09. The van der Waals surface area contributed by atoms with E-state index < -0.39 is 6.09 Å². The average Bonchev–Trinajstić information content (AvgIpc) is 2.73. The summed E-state index contributed by atoms with van der Waals surface area (Å²) in [6, 6.07) is 10.0. The summed E-state index contributed by atoms with van der Waals surface area (Å²) in [6.45, 7) is 2.27. The average molecular weight is 389 g/mol. The maximum absolute atomic E-state index is 11.3. The number of benzene rings is 1. The van der Waals surface area contributed by atoms with Crippen molar-refractivity contribution in [3.8, 4) is 0 Å². The fraction of sp³-hybridized carbons (Fsp3) is 0.667. The van der Waals surface area contributed by atoms with Crippen LogP contribution in [-0.2, 0) is 4.74 Å². The van der Waals surface area contributed by atoms with Gasteiger partial charge in [-0.1, -0.05) is 114 Å². The van der Waals surface area contributed by atoms with Crippen LogP contribution in [0.25, 0.3) is 0 Å². The molecule has 1 aromatic carbocycles. The topological polar surface area (TPSA) is 50.7 Å². The molecule has 1 rings (SSSR count). The van der Waals surface area contributed by atoms with Crippen LogP contribution in [0.2, 0.25) is 0 Å². The van der Waals surface area contributed by atoms with E-state index in [1.54, 1.807) is 0 Å². The second kappa shape index (κ2) is 17.3. The zero-order valence-electron chi connectivity index (χ0n) is 18.0. The van der Waals surface area contributed by atoms with Gasteiger partial charge in [-0.3, -0.25) is 0 Å². The first-order chi connectivity index (χ1) is 13.8. The van der Waals surface area contributed by atoms with Crippen LogP contribution in [0.1, 0.15) is 102 Å². The molecular formula is C24H40N2O2. The Morgan fingerprint density at radius 1 is 0.821 bits per heavy atom. The molecule has 0 bridgehead atoms. The molecule has 0 heterocycles. The normalized spacial score (nSPS) is 11.4. The third kappa shape index (κ3) is 12.5. The van der Waals surface area contributed by atoms with Crippen molar-refractivity contribution >= 4 is 11.8 Å². The minimum atomic E-state index is -0.529. The number of ether oxygens (including phenoxy) is 1. The van der Waals surface area contributed by atoms with Gasteiger partial charge in [0.15, 0.2) is 0 Å². The molecule has 0 spiro atoms. The van der Waals surface area contributed by atoms with Crippen LogP contribution >= 0.6 is 0 Å². The number of unbranched alkanes of at least 4 members (excludes halogenated alkanes) is 12. The summed E-state index contributed by atoms with van der Waals surface area (Å²) in [5.74, 6) is 0. The number of carbonyl (C=O) groups excluding carboxylic acids is 1. The van der Waals surface area contributed by atoms with Crippen LogP contribution in [-0.4, -0.2) is 18.9 Å². The van der Waals surface area contributed by atoms with Gasteiger partial charge < -0.3 is 4.74 Å². The minimum Gasteiger partial charge on any atom is -0.452 e. The first-order valence-corrected chi connectivity index (χ1v) is 11.2. The number of nitrogens with one attached hydrogen (secondary N) is 1. The molecule has 1 N–H and O–H groups in total. The first kappa shape index (κ1) is 24.2. The Bertz CT molecular complexity index is 529. The molecule has 0 aliphatic rings. The predicted molar refractivity (Wildman–Crippen MR) is 119 cm³/mol. The van der Waals surface area contributed by atoms with Gasteiger partial charge in [-0.25, -0.2) is 10.2 Å². The lowest BCUT2D eigenvalue weighted by Gasteiger charge is -2.07. The summed E-state index contributed by atoms with van der Waals surface area (Å²) < 4.78 is 4.60. The Hall–Kier alpha value is -1.84. The SMILES string of the molecule is CCCCCCCCCCCCCCCC(=NNC(=O)OC)c1ccccc1. The molecule has 28 heavy (non-hydrogen) atoms. The van der Waals surface area contributed by atoms with Crippen LogP contribution in [0.5, 0.6) is 0 Å². The smallest absolute Gasteiger partial charge is 0.427 e. The van der Waals surface area contributed by atoms with Gasteiger partial charge in [0, 0.05) is 0 Å². The van der Waals surface area contributed by atoms with Crippen molar-refractivity contribution in [2.75, 3.05) is 7.11 Å². The quantitative estimate of drug-likeness (QED) is 0.184. The Morgan fingerprint density at radius 2 is 1.32 bits per heavy atom. The number of amides is 1. The largest absolute Gasteiger partial charge is 0.452 e. The zero-order chi connectivity index (χ0) is 20.3. The van der Waals surface area contributed by atoms with E-state index in [-0.39, 0.29) is 0 Å². The molecule has 0 saturated carbocycles. The lowest BCUT2D eigenvalue weighted by atomic mass is 10.0. The molecule has 1 amide bonds. The molecule has 0 aliphatic heterocycles. The van der Waals surface area contributed by atoms with Crippen molar-refractivity contribution in [3.63, 3.8) is 0 Å². The number of nitrogens with zero attached hydrogens (tertiary/aromatic N) is 1. The second-order valence-electron chi connectivity index (χ2n) is 7.52. The van der Waals surface area contributed by atoms with E-state index in [1.807, 2.05) is 30.3 Å². The highest BCUT2D eigenvalue weighted by Crippen LogP contribution is 2.14. The van der Waals surface area contributed by atoms with Crippen molar-refractivity contribution in [3.05, 3.63) is 35.9 Å². The van der Waals surface area contributed by atoms with Crippen molar-refractivity contribution < 1.29 is 9.53 Å². The van der Waals surface area contributed by atoms with Crippen molar-refractivity contribution in [2.45, 2.75) is 96.8 Å². The number of rotatable bonds is 16. The van der Waals surface area contributed by atoms with E-state index in [9.17, 15) is 4.79 Å². The first-order valence-electron chi connectivity index (χ1n) is 11.2. The standard InChI is InChI=1S/C24H40N2O2/c1-3-4-5-6-7-8-9-10-11-12-13-14-18-21-23(25-26-24(27)28-2)22-19-16-15-17-20-22/h15-17,19-20H,3-14,18,21H2,1-2H3,(H,26,27). The number of methoxy groups -OCH3 is 1. The Kier molecular flexibility index (Phi) is 14.9. The summed E-state index contributed by atoms with van der Waals surface area (Å²) in [5, 5.41) is 4.25. The van der Waals surface area contributed by atoms with Gasteiger partial charge in [0.05, 0.1) is 12.8 Å². The molecule has 4 heteroatoms. The van der Waals surface area contributed by atoms with Gasteiger partial charge in [-0.2, -0.15) is 5.10 Å². The molecule has 0 unspecified atom stereocenters. The minimum absolute atomic E-state index is 0.529. The lowest BCUT2D eigenvalue weighted by molar-refractivity contribution is 0.171. The predicted octanol–water partition coefficient (Wildman–Crippen LogP) is 7.23. The van der Waals surface area contributed by atoms with Gasteiger partial charge in [-0.05, 0) is 18.4 Å². The molecule has 0 aliphatic carbocycles. The zero-order valence-corrected chi connectivity index (χ0v) is 18.0. The third-order valence-electron chi connectivity index (χ3n) is 5.09. The Morgan fingerprint density at radius 3 is 1.82 bits per heavy atom. The molecule has 4 nitrogen and oxygen atoms in total. The van der Waals surface area contributed by atoms with Gasteiger partial charge in [0.1, 0.15) is 0 Å². The lowest BCUT2D eigenvalue weighted by Crippen LogP contribution is -2.19. The van der Waals surface area contributed by atoms with Crippen LogP contribution in [0.15, 0.2) is 35.4 Å². The van der Waals surface area contributed by atoms with E-state index in [0.29, 0.717) is 0 Å². The maximum atomic E-state index is 11.3. The highest BCUT2D eigenvalue weighted by atomic mass is 16.5. The molecule has 0 saturated heterocycles. The van der Waals surface area contributed by atoms with Crippen LogP contribution in [0.3, 0.4) is 0 Å². The van der Waals surface area contributed by atoms with E-state index in [2.05, 4.69) is 22.2 Å². The second-order valence-corrected chi connectivity index (χ2v) is 7.52. The summed E-state index contributed by atoms with van der Waals surface area (Å²) >= 11 is 0. The fourth-order valence-corrected chi connectivity index (χ4v) is 3.36. The highest BCUT2D eigenvalue weighted by molar-refractivity contribution is 6.00. The van der Waals surface area contributed by atoms with E-state index in [4.69, 9.17) is 0 Å². The van der Waals surface area contributed by atoms with Gasteiger partial charge >= 0.3 is 6.09 Å². The molecule has 0 aromatic heterocycles. The Labute approximate surface area is 172 Å². The van der Waals surface area contributed by atoms with Crippen LogP contribution < -0.4 is 5.43 Å². The molecule has 0 radical (unpaired) electrons. The molecular weight excluding hydrogens is 348 g/mol. The van der Waals surface area contributed by atoms with E-state index in [0.717, 1.165) is 24.1 Å². The van der Waals surface area contributed by atoms with Gasteiger partial charge in [-0.15, -0.1) is 0 Å². The number of carbonyl (C=O) groups is 1. The molecule has 0 fully saturated rings. The maximum Gasteiger partial charge on any atom is 0.427 e. The van der Waals surface area contributed by atoms with Crippen LogP contribution in [0, 0.1) is 0 Å². The molecule has 158 valence electrons. The summed E-state index contributed by atoms with van der Waals surface area (Å²) in [7, 11) is 1.35. The number of hydrazone groups is 1. The fourth-order valence-electron chi connectivity index (χ4n) is 3.36. The molecule has 1 aromatic rings. The number of hydrogen-bond acceptors (Lipinski definition) is 3. The summed E-state index contributed by atoms with van der Waals surface area (Å²) in [4.78, 5) is 11.3. The van der Waals surface area contributed by atoms with Crippen molar-refractivity contribution in [2.24, 2.45) is 5.10 Å². The van der Waals surface area contributed by atoms with E-state index in [1.165, 1.54) is 84.2 Å². The van der Waals surface area contributed by atoms with Crippen molar-refractivity contribution in [1.29, 1.82) is 0 Å².